The number of carbonyl (C=O) groups is 2. The standard InChI is InChI=1S/C20H23ClN4O4S/c21-16-3-5-18(6-4-16)30(28,29)25-13-1-2-15(14-25)20(27)23-12-9-19(26)24-17-7-10-22-11-8-17/h3-8,10-11,15H,1-2,9,12-14H2,(H,23,27)(H,22,24,26)/t15-/m0/s1. The Morgan fingerprint density at radius 1 is 1.13 bits per heavy atom. The van der Waals surface area contributed by atoms with E-state index < -0.39 is 15.9 Å². The third-order valence-corrected chi connectivity index (χ3v) is 6.95. The van der Waals surface area contributed by atoms with Crippen LogP contribution in [0.25, 0.3) is 0 Å². The van der Waals surface area contributed by atoms with Crippen LogP contribution >= 0.6 is 11.6 Å². The molecule has 10 heteroatoms. The zero-order valence-corrected chi connectivity index (χ0v) is 17.8. The number of hydrogen-bond acceptors (Lipinski definition) is 5. The molecule has 0 radical (unpaired) electrons. The van der Waals surface area contributed by atoms with Gasteiger partial charge in [-0.2, -0.15) is 4.31 Å². The molecule has 1 saturated heterocycles. The van der Waals surface area contributed by atoms with E-state index in [-0.39, 0.29) is 36.2 Å². The predicted octanol–water partition coefficient (Wildman–Crippen LogP) is 2.28. The summed E-state index contributed by atoms with van der Waals surface area (Å²) in [6.45, 7) is 0.652. The number of benzene rings is 1. The van der Waals surface area contributed by atoms with Crippen LogP contribution in [-0.2, 0) is 19.6 Å². The summed E-state index contributed by atoms with van der Waals surface area (Å²) in [5.74, 6) is -0.927. The fourth-order valence-corrected chi connectivity index (χ4v) is 4.88. The lowest BCUT2D eigenvalue weighted by molar-refractivity contribution is -0.126. The van der Waals surface area contributed by atoms with Crippen molar-refractivity contribution in [1.82, 2.24) is 14.6 Å². The molecule has 0 unspecified atom stereocenters. The van der Waals surface area contributed by atoms with E-state index in [1.165, 1.54) is 28.6 Å². The first-order chi connectivity index (χ1) is 14.4. The van der Waals surface area contributed by atoms with Crippen LogP contribution < -0.4 is 10.6 Å². The third kappa shape index (κ3) is 5.78. The molecule has 1 fully saturated rings. The van der Waals surface area contributed by atoms with Crippen molar-refractivity contribution in [3.63, 3.8) is 0 Å². The molecular formula is C20H23ClN4O4S. The van der Waals surface area contributed by atoms with E-state index in [9.17, 15) is 18.0 Å². The number of sulfonamides is 1. The number of pyridine rings is 1. The number of hydrogen-bond donors (Lipinski definition) is 2. The van der Waals surface area contributed by atoms with Crippen LogP contribution in [0.2, 0.25) is 5.02 Å². The average molecular weight is 451 g/mol. The van der Waals surface area contributed by atoms with Gasteiger partial charge in [0.25, 0.3) is 0 Å². The monoisotopic (exact) mass is 450 g/mol. The smallest absolute Gasteiger partial charge is 0.243 e. The van der Waals surface area contributed by atoms with E-state index in [0.717, 1.165) is 0 Å². The van der Waals surface area contributed by atoms with E-state index >= 15 is 0 Å². The SMILES string of the molecule is O=C(CCNC(=O)[C@H]1CCCN(S(=O)(=O)c2ccc(Cl)cc2)C1)Nc1ccncc1. The Morgan fingerprint density at radius 3 is 2.53 bits per heavy atom. The number of nitrogens with one attached hydrogen (secondary N) is 2. The topological polar surface area (TPSA) is 108 Å². The van der Waals surface area contributed by atoms with E-state index in [4.69, 9.17) is 11.6 Å². The Labute approximate surface area is 180 Å². The Bertz CT molecular complexity index is 984. The fourth-order valence-electron chi connectivity index (χ4n) is 3.23. The second kappa shape index (κ2) is 10.0. The van der Waals surface area contributed by atoms with E-state index in [1.807, 2.05) is 0 Å². The maximum absolute atomic E-state index is 12.8. The molecule has 1 aromatic carbocycles. The molecule has 0 spiro atoms. The van der Waals surface area contributed by atoms with Gasteiger partial charge in [-0.1, -0.05) is 11.6 Å². The van der Waals surface area contributed by atoms with Crippen LogP contribution in [0.3, 0.4) is 0 Å². The van der Waals surface area contributed by atoms with Crippen LogP contribution in [0.1, 0.15) is 19.3 Å². The van der Waals surface area contributed by atoms with Gasteiger partial charge in [-0.25, -0.2) is 8.42 Å². The van der Waals surface area contributed by atoms with E-state index in [0.29, 0.717) is 30.1 Å². The molecular weight excluding hydrogens is 428 g/mol. The minimum absolute atomic E-state index is 0.111. The van der Waals surface area contributed by atoms with Gasteiger partial charge in [-0.05, 0) is 49.2 Å². The highest BCUT2D eigenvalue weighted by Gasteiger charge is 2.33. The van der Waals surface area contributed by atoms with Gasteiger partial charge in [-0.3, -0.25) is 14.6 Å². The number of amides is 2. The highest BCUT2D eigenvalue weighted by Crippen LogP contribution is 2.24. The van der Waals surface area contributed by atoms with Crippen molar-refractivity contribution >= 4 is 39.1 Å². The molecule has 0 bridgehead atoms. The van der Waals surface area contributed by atoms with Crippen molar-refractivity contribution in [2.45, 2.75) is 24.2 Å². The molecule has 1 aliphatic heterocycles. The summed E-state index contributed by atoms with van der Waals surface area (Å²) in [7, 11) is -3.69. The van der Waals surface area contributed by atoms with Crippen LogP contribution in [0.4, 0.5) is 5.69 Å². The number of piperidine rings is 1. The van der Waals surface area contributed by atoms with E-state index in [2.05, 4.69) is 15.6 Å². The number of nitrogens with zero attached hydrogens (tertiary/aromatic N) is 2. The largest absolute Gasteiger partial charge is 0.355 e. The molecule has 3 rings (SSSR count). The van der Waals surface area contributed by atoms with Gasteiger partial charge in [-0.15, -0.1) is 0 Å². The predicted molar refractivity (Wildman–Crippen MR) is 113 cm³/mol. The lowest BCUT2D eigenvalue weighted by Crippen LogP contribution is -2.45. The minimum Gasteiger partial charge on any atom is -0.355 e. The van der Waals surface area contributed by atoms with Crippen LogP contribution in [-0.4, -0.2) is 49.2 Å². The first-order valence-corrected chi connectivity index (χ1v) is 11.4. The first-order valence-electron chi connectivity index (χ1n) is 9.59. The molecule has 0 saturated carbocycles. The van der Waals surface area contributed by atoms with Crippen molar-refractivity contribution in [2.75, 3.05) is 25.0 Å². The lowest BCUT2D eigenvalue weighted by Gasteiger charge is -2.31. The molecule has 1 aliphatic rings. The summed E-state index contributed by atoms with van der Waals surface area (Å²) in [5.41, 5.74) is 0.636. The average Bonchev–Trinajstić information content (AvgIpc) is 2.75. The van der Waals surface area contributed by atoms with Gasteiger partial charge >= 0.3 is 0 Å². The first kappa shape index (κ1) is 22.2. The van der Waals surface area contributed by atoms with Gasteiger partial charge in [0.2, 0.25) is 21.8 Å². The second-order valence-electron chi connectivity index (χ2n) is 6.98. The highest BCUT2D eigenvalue weighted by atomic mass is 35.5. The summed E-state index contributed by atoms with van der Waals surface area (Å²) in [6, 6.07) is 9.33. The molecule has 8 nitrogen and oxygen atoms in total. The normalized spacial score (nSPS) is 17.3. The number of carbonyl (C=O) groups excluding carboxylic acids is 2. The Morgan fingerprint density at radius 2 is 1.83 bits per heavy atom. The summed E-state index contributed by atoms with van der Waals surface area (Å²) in [4.78, 5) is 28.5. The zero-order valence-electron chi connectivity index (χ0n) is 16.3. The molecule has 0 aliphatic carbocycles. The number of aromatic nitrogens is 1. The van der Waals surface area contributed by atoms with Crippen molar-refractivity contribution < 1.29 is 18.0 Å². The van der Waals surface area contributed by atoms with Crippen molar-refractivity contribution in [3.05, 3.63) is 53.8 Å². The van der Waals surface area contributed by atoms with Gasteiger partial charge in [0.15, 0.2) is 0 Å². The molecule has 2 amide bonds. The Balaban J connectivity index is 1.50. The van der Waals surface area contributed by atoms with Crippen molar-refractivity contribution in [1.29, 1.82) is 0 Å². The lowest BCUT2D eigenvalue weighted by atomic mass is 9.99. The fraction of sp³-hybridized carbons (Fsp3) is 0.350. The van der Waals surface area contributed by atoms with Crippen LogP contribution in [0, 0.1) is 5.92 Å². The zero-order chi connectivity index (χ0) is 21.6. The quantitative estimate of drug-likeness (QED) is 0.672. The molecule has 1 atom stereocenters. The molecule has 30 heavy (non-hydrogen) atoms. The summed E-state index contributed by atoms with van der Waals surface area (Å²) < 4.78 is 27.0. The molecule has 2 heterocycles. The number of rotatable bonds is 7. The molecule has 2 N–H and O–H groups in total. The summed E-state index contributed by atoms with van der Waals surface area (Å²) in [5, 5.41) is 5.91. The van der Waals surface area contributed by atoms with Crippen LogP contribution in [0.5, 0.6) is 0 Å². The van der Waals surface area contributed by atoms with Gasteiger partial charge in [0.1, 0.15) is 0 Å². The van der Waals surface area contributed by atoms with Crippen LogP contribution in [0.15, 0.2) is 53.7 Å². The third-order valence-electron chi connectivity index (χ3n) is 4.82. The maximum Gasteiger partial charge on any atom is 0.243 e. The number of anilines is 1. The second-order valence-corrected chi connectivity index (χ2v) is 9.36. The maximum atomic E-state index is 12.8. The molecule has 160 valence electrons. The highest BCUT2D eigenvalue weighted by molar-refractivity contribution is 7.89. The minimum atomic E-state index is -3.69. The Kier molecular flexibility index (Phi) is 7.41. The van der Waals surface area contributed by atoms with Gasteiger partial charge in [0.05, 0.1) is 10.8 Å². The number of halogens is 1. The van der Waals surface area contributed by atoms with Crippen molar-refractivity contribution in [3.8, 4) is 0 Å². The van der Waals surface area contributed by atoms with Gasteiger partial charge < -0.3 is 10.6 Å². The molecule has 2 aromatic rings. The van der Waals surface area contributed by atoms with E-state index in [1.54, 1.807) is 24.5 Å². The summed E-state index contributed by atoms with van der Waals surface area (Å²) >= 11 is 5.84. The molecule has 1 aromatic heterocycles. The Hall–Kier alpha value is -2.49. The van der Waals surface area contributed by atoms with Crippen molar-refractivity contribution in [2.24, 2.45) is 5.92 Å². The summed E-state index contributed by atoms with van der Waals surface area (Å²) in [6.07, 6.45) is 4.46. The van der Waals surface area contributed by atoms with Gasteiger partial charge in [0, 0.05) is 49.2 Å².